The standard InChI is InChI=1S/C11H19N3OS/c1-14(2)8-10-7-13-11(16-10)15-9-4-3-5-12-6-9/h7,9,12H,3-6,8H2,1-2H3. The topological polar surface area (TPSA) is 37.4 Å². The van der Waals surface area contributed by atoms with E-state index in [9.17, 15) is 0 Å². The second-order valence-corrected chi connectivity index (χ2v) is 5.49. The van der Waals surface area contributed by atoms with Crippen LogP contribution in [0.3, 0.4) is 0 Å². The maximum Gasteiger partial charge on any atom is 0.273 e. The van der Waals surface area contributed by atoms with Crippen LogP contribution < -0.4 is 10.1 Å². The third-order valence-electron chi connectivity index (χ3n) is 2.52. The van der Waals surface area contributed by atoms with Crippen molar-refractivity contribution >= 4 is 11.3 Å². The summed E-state index contributed by atoms with van der Waals surface area (Å²) in [4.78, 5) is 7.70. The quantitative estimate of drug-likeness (QED) is 0.863. The fraction of sp³-hybridized carbons (Fsp3) is 0.727. The number of hydrogen-bond donors (Lipinski definition) is 1. The molecular formula is C11H19N3OS. The third kappa shape index (κ3) is 3.43. The normalized spacial score (nSPS) is 21.3. The minimum Gasteiger partial charge on any atom is -0.465 e. The van der Waals surface area contributed by atoms with E-state index in [1.54, 1.807) is 11.3 Å². The summed E-state index contributed by atoms with van der Waals surface area (Å²) in [5.74, 6) is 0. The molecule has 0 aromatic carbocycles. The van der Waals surface area contributed by atoms with Crippen LogP contribution in [0.15, 0.2) is 6.20 Å². The van der Waals surface area contributed by atoms with Crippen molar-refractivity contribution < 1.29 is 4.74 Å². The Morgan fingerprint density at radius 3 is 3.19 bits per heavy atom. The number of piperidine rings is 1. The number of thiazole rings is 1. The maximum absolute atomic E-state index is 5.84. The van der Waals surface area contributed by atoms with Gasteiger partial charge in [0.2, 0.25) is 0 Å². The first kappa shape index (κ1) is 11.8. The Hall–Kier alpha value is -0.650. The molecule has 16 heavy (non-hydrogen) atoms. The Morgan fingerprint density at radius 2 is 2.50 bits per heavy atom. The van der Waals surface area contributed by atoms with Crippen LogP contribution in [0, 0.1) is 0 Å². The minimum absolute atomic E-state index is 0.298. The zero-order valence-electron chi connectivity index (χ0n) is 9.90. The van der Waals surface area contributed by atoms with Gasteiger partial charge < -0.3 is 15.0 Å². The smallest absolute Gasteiger partial charge is 0.273 e. The van der Waals surface area contributed by atoms with E-state index in [4.69, 9.17) is 4.74 Å². The Kier molecular flexibility index (Phi) is 4.15. The lowest BCUT2D eigenvalue weighted by atomic mass is 10.1. The molecule has 5 heteroatoms. The Balaban J connectivity index is 1.86. The van der Waals surface area contributed by atoms with Crippen molar-refractivity contribution in [2.75, 3.05) is 27.2 Å². The first-order valence-corrected chi connectivity index (χ1v) is 6.52. The first-order chi connectivity index (χ1) is 7.74. The van der Waals surface area contributed by atoms with Crippen molar-refractivity contribution in [3.63, 3.8) is 0 Å². The molecule has 1 unspecified atom stereocenters. The maximum atomic E-state index is 5.84. The summed E-state index contributed by atoms with van der Waals surface area (Å²) in [7, 11) is 4.12. The van der Waals surface area contributed by atoms with Crippen LogP contribution >= 0.6 is 11.3 Å². The van der Waals surface area contributed by atoms with E-state index in [1.807, 2.05) is 6.20 Å². The Morgan fingerprint density at radius 1 is 1.62 bits per heavy atom. The average molecular weight is 241 g/mol. The number of aromatic nitrogens is 1. The number of nitrogens with zero attached hydrogens (tertiary/aromatic N) is 2. The van der Waals surface area contributed by atoms with Gasteiger partial charge in [0.1, 0.15) is 6.10 Å². The van der Waals surface area contributed by atoms with Gasteiger partial charge in [-0.1, -0.05) is 11.3 Å². The predicted octanol–water partition coefficient (Wildman–Crippen LogP) is 1.34. The van der Waals surface area contributed by atoms with Gasteiger partial charge >= 0.3 is 0 Å². The fourth-order valence-electron chi connectivity index (χ4n) is 1.79. The van der Waals surface area contributed by atoms with Crippen molar-refractivity contribution in [3.8, 4) is 5.19 Å². The van der Waals surface area contributed by atoms with E-state index >= 15 is 0 Å². The molecule has 1 saturated heterocycles. The van der Waals surface area contributed by atoms with E-state index in [0.717, 1.165) is 31.2 Å². The van der Waals surface area contributed by atoms with Crippen LogP contribution in [-0.4, -0.2) is 43.2 Å². The highest BCUT2D eigenvalue weighted by Crippen LogP contribution is 2.23. The van der Waals surface area contributed by atoms with Crippen molar-refractivity contribution in [3.05, 3.63) is 11.1 Å². The van der Waals surface area contributed by atoms with Gasteiger partial charge in [-0.15, -0.1) is 0 Å². The second kappa shape index (κ2) is 5.61. The lowest BCUT2D eigenvalue weighted by molar-refractivity contribution is 0.166. The van der Waals surface area contributed by atoms with E-state index in [1.165, 1.54) is 11.3 Å². The molecular weight excluding hydrogens is 222 g/mol. The molecule has 0 radical (unpaired) electrons. The lowest BCUT2D eigenvalue weighted by Crippen LogP contribution is -2.37. The van der Waals surface area contributed by atoms with E-state index < -0.39 is 0 Å². The molecule has 1 aromatic rings. The highest BCUT2D eigenvalue weighted by Gasteiger charge is 2.16. The summed E-state index contributed by atoms with van der Waals surface area (Å²) < 4.78 is 5.84. The van der Waals surface area contributed by atoms with Gasteiger partial charge in [-0.3, -0.25) is 0 Å². The van der Waals surface area contributed by atoms with E-state index in [0.29, 0.717) is 6.10 Å². The summed E-state index contributed by atoms with van der Waals surface area (Å²) >= 11 is 1.65. The summed E-state index contributed by atoms with van der Waals surface area (Å²) in [6.07, 6.45) is 4.54. The molecule has 4 nitrogen and oxygen atoms in total. The van der Waals surface area contributed by atoms with Crippen molar-refractivity contribution in [2.24, 2.45) is 0 Å². The van der Waals surface area contributed by atoms with Crippen LogP contribution in [0.25, 0.3) is 0 Å². The molecule has 1 atom stereocenters. The summed E-state index contributed by atoms with van der Waals surface area (Å²) in [6, 6.07) is 0. The molecule has 0 spiro atoms. The highest BCUT2D eigenvalue weighted by atomic mass is 32.1. The number of hydrogen-bond acceptors (Lipinski definition) is 5. The van der Waals surface area contributed by atoms with Crippen LogP contribution in [0.5, 0.6) is 5.19 Å². The number of ether oxygens (including phenoxy) is 1. The monoisotopic (exact) mass is 241 g/mol. The molecule has 1 N–H and O–H groups in total. The molecule has 1 aliphatic rings. The lowest BCUT2D eigenvalue weighted by Gasteiger charge is -2.22. The third-order valence-corrected chi connectivity index (χ3v) is 3.40. The van der Waals surface area contributed by atoms with Crippen LogP contribution in [0.1, 0.15) is 17.7 Å². The predicted molar refractivity (Wildman–Crippen MR) is 66.0 cm³/mol. The van der Waals surface area contributed by atoms with Gasteiger partial charge in [-0.05, 0) is 33.5 Å². The molecule has 0 aliphatic carbocycles. The molecule has 0 amide bonds. The average Bonchev–Trinajstić information content (AvgIpc) is 2.66. The summed E-state index contributed by atoms with van der Waals surface area (Å²) in [5.41, 5.74) is 0. The zero-order chi connectivity index (χ0) is 11.4. The van der Waals surface area contributed by atoms with Crippen LogP contribution in [-0.2, 0) is 6.54 Å². The first-order valence-electron chi connectivity index (χ1n) is 5.71. The molecule has 0 bridgehead atoms. The van der Waals surface area contributed by atoms with Gasteiger partial charge in [0.05, 0.1) is 0 Å². The molecule has 1 aliphatic heterocycles. The highest BCUT2D eigenvalue weighted by molar-refractivity contribution is 7.13. The van der Waals surface area contributed by atoms with Crippen molar-refractivity contribution in [1.29, 1.82) is 0 Å². The number of nitrogens with one attached hydrogen (secondary N) is 1. The second-order valence-electron chi connectivity index (χ2n) is 4.42. The van der Waals surface area contributed by atoms with E-state index in [-0.39, 0.29) is 0 Å². The molecule has 1 aromatic heterocycles. The molecule has 0 saturated carbocycles. The van der Waals surface area contributed by atoms with Crippen LogP contribution in [0.4, 0.5) is 0 Å². The SMILES string of the molecule is CN(C)Cc1cnc(OC2CCCNC2)s1. The van der Waals surface area contributed by atoms with Crippen molar-refractivity contribution in [1.82, 2.24) is 15.2 Å². The molecule has 90 valence electrons. The molecule has 2 heterocycles. The van der Waals surface area contributed by atoms with E-state index in [2.05, 4.69) is 29.3 Å². The van der Waals surface area contributed by atoms with Gasteiger partial charge in [0, 0.05) is 24.2 Å². The van der Waals surface area contributed by atoms with Gasteiger partial charge in [0.15, 0.2) is 0 Å². The number of rotatable bonds is 4. The fourth-order valence-corrected chi connectivity index (χ4v) is 2.73. The summed E-state index contributed by atoms with van der Waals surface area (Å²) in [5, 5.41) is 4.15. The molecule has 1 fully saturated rings. The summed E-state index contributed by atoms with van der Waals surface area (Å²) in [6.45, 7) is 3.00. The Labute approximate surface area is 101 Å². The Bertz CT molecular complexity index is 321. The van der Waals surface area contributed by atoms with Gasteiger partial charge in [-0.25, -0.2) is 4.98 Å². The van der Waals surface area contributed by atoms with Crippen LogP contribution in [0.2, 0.25) is 0 Å². The largest absolute Gasteiger partial charge is 0.465 e. The minimum atomic E-state index is 0.298. The van der Waals surface area contributed by atoms with Gasteiger partial charge in [-0.2, -0.15) is 0 Å². The molecule has 2 rings (SSSR count). The van der Waals surface area contributed by atoms with Crippen molar-refractivity contribution in [2.45, 2.75) is 25.5 Å². The van der Waals surface area contributed by atoms with Gasteiger partial charge in [0.25, 0.3) is 5.19 Å². The zero-order valence-corrected chi connectivity index (χ0v) is 10.7.